The van der Waals surface area contributed by atoms with Crippen molar-refractivity contribution < 1.29 is 28.6 Å². The van der Waals surface area contributed by atoms with E-state index in [1.54, 1.807) is 0 Å². The van der Waals surface area contributed by atoms with Crippen LogP contribution in [0.4, 0.5) is 0 Å². The van der Waals surface area contributed by atoms with Crippen molar-refractivity contribution in [2.24, 2.45) is 0 Å². The first kappa shape index (κ1) is 60.9. The van der Waals surface area contributed by atoms with E-state index < -0.39 is 6.10 Å². The monoisotopic (exact) mass is 893 g/mol. The zero-order valence-corrected chi connectivity index (χ0v) is 42.0. The molecule has 0 heterocycles. The molecule has 0 radical (unpaired) electrons. The standard InChI is InChI=1S/C58H100O6/c1-4-7-10-13-16-19-22-25-27-29-31-33-36-39-42-45-48-51-57(60)63-54-55(53-62-56(59)50-47-44-41-38-35-32-24-21-18-15-12-9-6-3)64-58(61)52-49-46-43-40-37-34-30-28-26-23-20-17-14-11-8-5-2/h25,27-28,30-35,37,39,42,55H,4-24,26,29,36,38,40-41,43-54H2,1-3H3/b27-25-,30-28-,33-31-,35-32-,37-34-,42-39-. The molecule has 0 saturated carbocycles. The predicted molar refractivity (Wildman–Crippen MR) is 274 cm³/mol. The maximum absolute atomic E-state index is 12.8. The summed E-state index contributed by atoms with van der Waals surface area (Å²) in [5, 5.41) is 0. The summed E-state index contributed by atoms with van der Waals surface area (Å²) in [5.74, 6) is -1.00. The highest BCUT2D eigenvalue weighted by molar-refractivity contribution is 5.71. The van der Waals surface area contributed by atoms with E-state index >= 15 is 0 Å². The van der Waals surface area contributed by atoms with Crippen molar-refractivity contribution in [2.75, 3.05) is 13.2 Å². The Morgan fingerprint density at radius 2 is 0.625 bits per heavy atom. The Balaban J connectivity index is 4.52. The highest BCUT2D eigenvalue weighted by atomic mass is 16.6. The molecule has 0 rings (SSSR count). The summed E-state index contributed by atoms with van der Waals surface area (Å²) in [6.07, 6.45) is 66.1. The summed E-state index contributed by atoms with van der Waals surface area (Å²) >= 11 is 0. The first-order valence-electron chi connectivity index (χ1n) is 27.0. The second-order valence-corrected chi connectivity index (χ2v) is 17.8. The zero-order chi connectivity index (χ0) is 46.5. The Labute approximate surface area is 395 Å². The second-order valence-electron chi connectivity index (χ2n) is 17.8. The van der Waals surface area contributed by atoms with Gasteiger partial charge in [-0.3, -0.25) is 14.4 Å². The molecule has 0 amide bonds. The summed E-state index contributed by atoms with van der Waals surface area (Å²) in [4.78, 5) is 38.0. The Bertz CT molecular complexity index is 1210. The van der Waals surface area contributed by atoms with E-state index in [-0.39, 0.29) is 44.0 Å². The van der Waals surface area contributed by atoms with Gasteiger partial charge in [0.1, 0.15) is 13.2 Å². The number of hydrogen-bond acceptors (Lipinski definition) is 6. The molecule has 1 atom stereocenters. The molecule has 0 aromatic rings. The molecule has 0 aliphatic carbocycles. The minimum atomic E-state index is -0.815. The molecule has 1 unspecified atom stereocenters. The van der Waals surface area contributed by atoms with E-state index in [0.717, 1.165) is 83.5 Å². The predicted octanol–water partition coefficient (Wildman–Crippen LogP) is 17.8. The summed E-state index contributed by atoms with van der Waals surface area (Å²) in [6, 6.07) is 0. The molecule has 0 spiro atoms. The highest BCUT2D eigenvalue weighted by Crippen LogP contribution is 2.13. The van der Waals surface area contributed by atoms with Crippen LogP contribution in [0.15, 0.2) is 72.9 Å². The molecule has 0 fully saturated rings. The lowest BCUT2D eigenvalue weighted by Crippen LogP contribution is -2.30. The normalized spacial score (nSPS) is 12.6. The second kappa shape index (κ2) is 52.5. The molecular formula is C58H100O6. The quantitative estimate of drug-likeness (QED) is 0.0199. The van der Waals surface area contributed by atoms with Crippen molar-refractivity contribution in [1.82, 2.24) is 0 Å². The average molecular weight is 893 g/mol. The largest absolute Gasteiger partial charge is 0.462 e. The summed E-state index contributed by atoms with van der Waals surface area (Å²) in [5.41, 5.74) is 0. The SMILES string of the molecule is CCCCCCCC/C=C\C/C=C\C/C=C\CCCC(=O)OCC(COC(=O)CCCCC/C=C\CCCCCCCC)OC(=O)CCCCC/C=C\C=C/CCCCCCCCC. The van der Waals surface area contributed by atoms with Gasteiger partial charge >= 0.3 is 17.9 Å². The van der Waals surface area contributed by atoms with Crippen molar-refractivity contribution >= 4 is 17.9 Å². The first-order valence-corrected chi connectivity index (χ1v) is 27.0. The fourth-order valence-corrected chi connectivity index (χ4v) is 7.33. The van der Waals surface area contributed by atoms with Crippen LogP contribution < -0.4 is 0 Å². The fraction of sp³-hybridized carbons (Fsp3) is 0.741. The minimum Gasteiger partial charge on any atom is -0.462 e. The van der Waals surface area contributed by atoms with E-state index in [0.29, 0.717) is 12.8 Å². The number of unbranched alkanes of at least 4 members (excludes halogenated alkanes) is 26. The number of carbonyl (C=O) groups excluding carboxylic acids is 3. The molecule has 64 heavy (non-hydrogen) atoms. The molecule has 0 aliphatic rings. The molecule has 0 aromatic heterocycles. The molecule has 0 aliphatic heterocycles. The summed E-state index contributed by atoms with van der Waals surface area (Å²) in [6.45, 7) is 6.54. The molecular weight excluding hydrogens is 793 g/mol. The van der Waals surface area contributed by atoms with Gasteiger partial charge in [-0.25, -0.2) is 0 Å². The number of rotatable bonds is 48. The van der Waals surface area contributed by atoms with Crippen LogP contribution in [-0.4, -0.2) is 37.2 Å². The fourth-order valence-electron chi connectivity index (χ4n) is 7.33. The van der Waals surface area contributed by atoms with Crippen molar-refractivity contribution in [2.45, 2.75) is 264 Å². The topological polar surface area (TPSA) is 78.9 Å². The van der Waals surface area contributed by atoms with Gasteiger partial charge in [-0.1, -0.05) is 209 Å². The van der Waals surface area contributed by atoms with E-state index in [1.165, 1.54) is 128 Å². The minimum absolute atomic E-state index is 0.110. The van der Waals surface area contributed by atoms with Gasteiger partial charge in [0, 0.05) is 19.3 Å². The Kier molecular flexibility index (Phi) is 49.9. The number of allylic oxidation sites excluding steroid dienone is 12. The molecule has 6 heteroatoms. The van der Waals surface area contributed by atoms with E-state index in [4.69, 9.17) is 14.2 Å². The Morgan fingerprint density at radius 1 is 0.328 bits per heavy atom. The van der Waals surface area contributed by atoms with E-state index in [1.807, 2.05) is 0 Å². The highest BCUT2D eigenvalue weighted by Gasteiger charge is 2.19. The van der Waals surface area contributed by atoms with Crippen molar-refractivity contribution in [3.05, 3.63) is 72.9 Å². The van der Waals surface area contributed by atoms with Gasteiger partial charge in [0.05, 0.1) is 0 Å². The maximum atomic E-state index is 12.8. The van der Waals surface area contributed by atoms with Crippen molar-refractivity contribution in [1.29, 1.82) is 0 Å². The molecule has 0 bridgehead atoms. The van der Waals surface area contributed by atoms with Gasteiger partial charge in [-0.05, 0) is 103 Å². The lowest BCUT2D eigenvalue weighted by Gasteiger charge is -2.18. The van der Waals surface area contributed by atoms with Gasteiger partial charge < -0.3 is 14.2 Å². The molecule has 6 nitrogen and oxygen atoms in total. The third kappa shape index (κ3) is 49.9. The van der Waals surface area contributed by atoms with Gasteiger partial charge in [0.15, 0.2) is 6.10 Å². The van der Waals surface area contributed by atoms with Gasteiger partial charge in [0.25, 0.3) is 0 Å². The average Bonchev–Trinajstić information content (AvgIpc) is 3.29. The zero-order valence-electron chi connectivity index (χ0n) is 42.0. The Morgan fingerprint density at radius 3 is 1.05 bits per heavy atom. The van der Waals surface area contributed by atoms with Crippen LogP contribution in [0, 0.1) is 0 Å². The van der Waals surface area contributed by atoms with Gasteiger partial charge in [-0.2, -0.15) is 0 Å². The van der Waals surface area contributed by atoms with Gasteiger partial charge in [-0.15, -0.1) is 0 Å². The van der Waals surface area contributed by atoms with E-state index in [9.17, 15) is 14.4 Å². The van der Waals surface area contributed by atoms with Crippen LogP contribution in [0.2, 0.25) is 0 Å². The Hall–Kier alpha value is -3.15. The molecule has 0 saturated heterocycles. The third-order valence-electron chi connectivity index (χ3n) is 11.4. The van der Waals surface area contributed by atoms with Crippen LogP contribution in [-0.2, 0) is 28.6 Å². The van der Waals surface area contributed by atoms with Crippen LogP contribution in [0.5, 0.6) is 0 Å². The van der Waals surface area contributed by atoms with Crippen molar-refractivity contribution in [3.63, 3.8) is 0 Å². The number of esters is 3. The van der Waals surface area contributed by atoms with Crippen LogP contribution in [0.1, 0.15) is 258 Å². The molecule has 0 N–H and O–H groups in total. The molecule has 368 valence electrons. The third-order valence-corrected chi connectivity index (χ3v) is 11.4. The van der Waals surface area contributed by atoms with Crippen molar-refractivity contribution in [3.8, 4) is 0 Å². The van der Waals surface area contributed by atoms with Gasteiger partial charge in [0.2, 0.25) is 0 Å². The number of hydrogen-bond donors (Lipinski definition) is 0. The van der Waals surface area contributed by atoms with Crippen LogP contribution in [0.3, 0.4) is 0 Å². The first-order chi connectivity index (χ1) is 31.5. The lowest BCUT2D eigenvalue weighted by atomic mass is 10.1. The summed E-state index contributed by atoms with van der Waals surface area (Å²) < 4.78 is 16.7. The van der Waals surface area contributed by atoms with E-state index in [2.05, 4.69) is 93.7 Å². The summed E-state index contributed by atoms with van der Waals surface area (Å²) in [7, 11) is 0. The molecule has 0 aromatic carbocycles. The maximum Gasteiger partial charge on any atom is 0.306 e. The van der Waals surface area contributed by atoms with Crippen LogP contribution >= 0.6 is 0 Å². The number of ether oxygens (including phenoxy) is 3. The van der Waals surface area contributed by atoms with Crippen LogP contribution in [0.25, 0.3) is 0 Å². The lowest BCUT2D eigenvalue weighted by molar-refractivity contribution is -0.167. The smallest absolute Gasteiger partial charge is 0.306 e. The number of carbonyl (C=O) groups is 3.